The zero-order valence-corrected chi connectivity index (χ0v) is 33.3. The van der Waals surface area contributed by atoms with Gasteiger partial charge in [-0.05, 0) is 54.4 Å². The molecule has 14 heteroatoms. The van der Waals surface area contributed by atoms with E-state index in [9.17, 15) is 19.2 Å². The fourth-order valence-electron chi connectivity index (χ4n) is 6.84. The van der Waals surface area contributed by atoms with Crippen LogP contribution in [0.2, 0.25) is 25.7 Å². The quantitative estimate of drug-likeness (QED) is 0.211. The van der Waals surface area contributed by atoms with Crippen molar-refractivity contribution in [3.8, 4) is 0 Å². The first-order chi connectivity index (χ1) is 23.0. The van der Waals surface area contributed by atoms with E-state index in [-0.39, 0.29) is 29.6 Å². The average Bonchev–Trinajstić information content (AvgIpc) is 3.43. The molecule has 2 aromatic rings. The molecule has 2 aliphatic heterocycles. The lowest BCUT2D eigenvalue weighted by atomic mass is 9.78. The minimum atomic E-state index is -1.21. The highest BCUT2D eigenvalue weighted by Gasteiger charge is 2.40. The lowest BCUT2D eigenvalue weighted by molar-refractivity contribution is -0.149. The van der Waals surface area contributed by atoms with E-state index in [2.05, 4.69) is 90.4 Å². The third-order valence-corrected chi connectivity index (χ3v) is 11.4. The Morgan fingerprint density at radius 2 is 1.40 bits per heavy atom. The number of rotatable bonds is 6. The smallest absolute Gasteiger partial charge is 0.314 e. The summed E-state index contributed by atoms with van der Waals surface area (Å²) >= 11 is 0. The van der Waals surface area contributed by atoms with Gasteiger partial charge in [-0.1, -0.05) is 75.0 Å². The van der Waals surface area contributed by atoms with Gasteiger partial charge in [0, 0.05) is 39.9 Å². The minimum absolute atomic E-state index is 0.00868. The summed E-state index contributed by atoms with van der Waals surface area (Å²) < 4.78 is 7.51. The van der Waals surface area contributed by atoms with Crippen molar-refractivity contribution < 1.29 is 23.9 Å². The Morgan fingerprint density at radius 3 is 1.88 bits per heavy atom. The number of nitrogen functional groups attached to an aromatic ring is 1. The number of anilines is 2. The van der Waals surface area contributed by atoms with Crippen molar-refractivity contribution >= 4 is 54.1 Å². The molecule has 5 N–H and O–H groups in total. The highest BCUT2D eigenvalue weighted by molar-refractivity contribution is 6.76. The summed E-state index contributed by atoms with van der Waals surface area (Å²) in [5.41, 5.74) is 12.0. The predicted molar refractivity (Wildman–Crippen MR) is 201 cm³/mol. The zero-order chi connectivity index (χ0) is 37.8. The molecule has 2 fully saturated rings. The van der Waals surface area contributed by atoms with Gasteiger partial charge in [0.25, 0.3) is 0 Å². The summed E-state index contributed by atoms with van der Waals surface area (Å²) in [6.45, 7) is 25.8. The van der Waals surface area contributed by atoms with Crippen LogP contribution in [0.25, 0.3) is 10.9 Å². The van der Waals surface area contributed by atoms with Gasteiger partial charge in [0.05, 0.1) is 29.0 Å². The van der Waals surface area contributed by atoms with Gasteiger partial charge in [-0.25, -0.2) is 9.67 Å². The van der Waals surface area contributed by atoms with Gasteiger partial charge < -0.3 is 31.3 Å². The van der Waals surface area contributed by atoms with Gasteiger partial charge in [-0.2, -0.15) is 5.10 Å². The van der Waals surface area contributed by atoms with E-state index >= 15 is 0 Å². The van der Waals surface area contributed by atoms with Crippen LogP contribution in [0.15, 0.2) is 12.4 Å². The fourth-order valence-corrected chi connectivity index (χ4v) is 7.60. The molecule has 4 rings (SSSR count). The van der Waals surface area contributed by atoms with Gasteiger partial charge in [0.1, 0.15) is 12.5 Å². The SMILES string of the molecule is CC1CCC(C(C)(C)C)N(C(=O)C(=O)Nc2cnc(N)c3cnn(COCC[Si](C)(C)C)c23)C1.CC1CCC(C(C)(C)C)N(C(=O)C(N)=O)C1. The number of aromatic nitrogens is 3. The van der Waals surface area contributed by atoms with Crippen molar-refractivity contribution in [2.24, 2.45) is 28.4 Å². The van der Waals surface area contributed by atoms with E-state index in [1.165, 1.54) is 6.20 Å². The third kappa shape index (κ3) is 10.7. The number of likely N-dealkylation sites (tertiary alicyclic amines) is 2. The van der Waals surface area contributed by atoms with E-state index in [0.717, 1.165) is 31.7 Å². The van der Waals surface area contributed by atoms with Crippen molar-refractivity contribution in [3.63, 3.8) is 0 Å². The van der Waals surface area contributed by atoms with E-state index in [4.69, 9.17) is 16.2 Å². The Hall–Kier alpha value is -3.52. The van der Waals surface area contributed by atoms with Crippen LogP contribution in [-0.4, -0.2) is 88.0 Å². The Kier molecular flexibility index (Phi) is 13.3. The number of hydrogen-bond donors (Lipinski definition) is 3. The molecule has 2 aliphatic rings. The number of piperidine rings is 2. The molecular formula is C36H62N8O5Si. The van der Waals surface area contributed by atoms with E-state index in [0.29, 0.717) is 53.9 Å². The third-order valence-electron chi connectivity index (χ3n) is 9.72. The van der Waals surface area contributed by atoms with Crippen LogP contribution in [0.5, 0.6) is 0 Å². The Bertz CT molecular complexity index is 1520. The summed E-state index contributed by atoms with van der Waals surface area (Å²) in [6, 6.07) is 1.16. The van der Waals surface area contributed by atoms with Crippen LogP contribution in [-0.2, 0) is 30.6 Å². The second-order valence-corrected chi connectivity index (χ2v) is 23.3. The number of pyridine rings is 1. The molecule has 4 atom stereocenters. The van der Waals surface area contributed by atoms with Gasteiger partial charge in [-0.3, -0.25) is 19.2 Å². The van der Waals surface area contributed by atoms with Gasteiger partial charge in [0.2, 0.25) is 0 Å². The van der Waals surface area contributed by atoms with Crippen LogP contribution in [0.3, 0.4) is 0 Å². The predicted octanol–water partition coefficient (Wildman–Crippen LogP) is 5.08. The monoisotopic (exact) mass is 714 g/mol. The molecule has 4 amide bonds. The second kappa shape index (κ2) is 16.2. The number of ether oxygens (including phenoxy) is 1. The summed E-state index contributed by atoms with van der Waals surface area (Å²) in [5.74, 6) is -1.46. The number of carbonyl (C=O) groups excluding carboxylic acids is 4. The van der Waals surface area contributed by atoms with Crippen molar-refractivity contribution in [1.29, 1.82) is 0 Å². The van der Waals surface area contributed by atoms with E-state index in [1.54, 1.807) is 20.7 Å². The number of amides is 4. The van der Waals surface area contributed by atoms with Crippen molar-refractivity contribution in [2.75, 3.05) is 30.7 Å². The molecule has 0 spiro atoms. The summed E-state index contributed by atoms with van der Waals surface area (Å²) in [7, 11) is -1.21. The lowest BCUT2D eigenvalue weighted by Gasteiger charge is -2.45. The van der Waals surface area contributed by atoms with Gasteiger partial charge in [0.15, 0.2) is 0 Å². The maximum absolute atomic E-state index is 13.3. The van der Waals surface area contributed by atoms with Crippen molar-refractivity contribution in [2.45, 2.75) is 126 Å². The largest absolute Gasteiger partial charge is 0.383 e. The molecule has 2 saturated heterocycles. The van der Waals surface area contributed by atoms with Crippen molar-refractivity contribution in [3.05, 3.63) is 12.4 Å². The Balaban J connectivity index is 0.000000354. The number of fused-ring (bicyclic) bond motifs is 1. The molecule has 13 nitrogen and oxygen atoms in total. The summed E-state index contributed by atoms with van der Waals surface area (Å²) in [4.78, 5) is 56.7. The Labute approximate surface area is 299 Å². The highest BCUT2D eigenvalue weighted by Crippen LogP contribution is 2.35. The maximum atomic E-state index is 13.3. The van der Waals surface area contributed by atoms with Crippen LogP contribution in [0.1, 0.15) is 81.1 Å². The minimum Gasteiger partial charge on any atom is -0.383 e. The van der Waals surface area contributed by atoms with Crippen molar-refractivity contribution in [1.82, 2.24) is 24.6 Å². The molecule has 280 valence electrons. The molecular weight excluding hydrogens is 653 g/mol. The number of nitrogens with one attached hydrogen (secondary N) is 1. The molecule has 0 aromatic carbocycles. The van der Waals surface area contributed by atoms with Gasteiger partial charge in [-0.15, -0.1) is 0 Å². The van der Waals surface area contributed by atoms with Crippen LogP contribution in [0.4, 0.5) is 11.5 Å². The topological polar surface area (TPSA) is 179 Å². The van der Waals surface area contributed by atoms with Crippen LogP contribution >= 0.6 is 0 Å². The van der Waals surface area contributed by atoms with E-state index < -0.39 is 31.7 Å². The number of nitrogens with two attached hydrogens (primary N) is 2. The maximum Gasteiger partial charge on any atom is 0.314 e. The molecule has 2 aromatic heterocycles. The first-order valence-corrected chi connectivity index (χ1v) is 21.6. The normalized spacial score (nSPS) is 21.7. The fraction of sp³-hybridized carbons (Fsp3) is 0.722. The molecule has 50 heavy (non-hydrogen) atoms. The molecule has 4 unspecified atom stereocenters. The number of primary amides is 1. The summed E-state index contributed by atoms with van der Waals surface area (Å²) in [6.07, 6.45) is 7.07. The van der Waals surface area contributed by atoms with Crippen LogP contribution < -0.4 is 16.8 Å². The first-order valence-electron chi connectivity index (χ1n) is 17.9. The standard InChI is InChI=1S/C24H40N6O3Si.C12H22N2O2/c1-16-8-9-19(24(2,3)4)29(14-16)23(32)22(31)28-18-13-26-21(25)17-12-27-30(20(17)18)15-33-10-11-34(5,6)7;1-8-5-6-9(12(2,3)4)14(7-8)11(16)10(13)15/h12-13,16,19H,8-11,14-15H2,1-7H3,(H2,25,26)(H,28,31);8-9H,5-7H2,1-4H3,(H2,13,15). The summed E-state index contributed by atoms with van der Waals surface area (Å²) in [5, 5.41) is 7.77. The number of hydrogen-bond acceptors (Lipinski definition) is 8. The first kappa shape index (κ1) is 40.9. The molecule has 0 saturated carbocycles. The molecule has 0 aliphatic carbocycles. The average molecular weight is 715 g/mol. The van der Waals surface area contributed by atoms with Gasteiger partial charge >= 0.3 is 23.6 Å². The van der Waals surface area contributed by atoms with E-state index in [1.807, 2.05) is 0 Å². The second-order valence-electron chi connectivity index (χ2n) is 17.7. The number of carbonyl (C=O) groups is 4. The molecule has 0 bridgehead atoms. The number of nitrogens with zero attached hydrogens (tertiary/aromatic N) is 5. The lowest BCUT2D eigenvalue weighted by Crippen LogP contribution is -2.55. The highest BCUT2D eigenvalue weighted by atomic mass is 28.3. The molecule has 0 radical (unpaired) electrons. The molecule has 4 heterocycles. The van der Waals surface area contributed by atoms with Crippen LogP contribution in [0, 0.1) is 22.7 Å². The zero-order valence-electron chi connectivity index (χ0n) is 32.3. The Morgan fingerprint density at radius 1 is 0.880 bits per heavy atom.